The minimum absolute atomic E-state index is 0.0134. The fraction of sp³-hybridized carbons (Fsp3) is 0.286. The van der Waals surface area contributed by atoms with E-state index < -0.39 is 35.9 Å². The van der Waals surface area contributed by atoms with Crippen molar-refractivity contribution in [2.45, 2.75) is 25.6 Å². The van der Waals surface area contributed by atoms with Gasteiger partial charge in [0.2, 0.25) is 5.96 Å². The molecule has 2 heterocycles. The number of fused-ring (bicyclic) bond motifs is 1. The highest BCUT2D eigenvalue weighted by atomic mass is 19.4. The van der Waals surface area contributed by atoms with Crippen LogP contribution in [0.1, 0.15) is 29.2 Å². The maximum absolute atomic E-state index is 15.0. The predicted molar refractivity (Wildman–Crippen MR) is 141 cm³/mol. The maximum atomic E-state index is 15.0. The molecule has 1 atom stereocenters. The van der Waals surface area contributed by atoms with Crippen molar-refractivity contribution in [1.82, 2.24) is 4.90 Å². The number of aryl methyl sites for hydroxylation is 1. The molecule has 1 fully saturated rings. The molecule has 1 saturated heterocycles. The van der Waals surface area contributed by atoms with Crippen LogP contribution in [-0.4, -0.2) is 42.9 Å². The fourth-order valence-electron chi connectivity index (χ4n) is 5.09. The number of carbonyl (C=O) groups is 1. The number of piperazine rings is 1. The molecule has 0 N–H and O–H groups in total. The lowest BCUT2D eigenvalue weighted by atomic mass is 9.96. The standard InChI is InChI=1S/C28H25F4N5O2/c1-18-5-2-7-20(15-18)35-11-13-36(14-12-35)27-33-26-22(9-4-10-23(26)29)24(17-25(38)34-39)37(27)21-8-3-6-19(16-21)28(30,31)32/h2-10,15-16,24H,11-14,17H2,1H3. The first kappa shape index (κ1) is 26.3. The third-order valence-corrected chi connectivity index (χ3v) is 6.97. The molecule has 0 aromatic heterocycles. The van der Waals surface area contributed by atoms with Crippen LogP contribution in [-0.2, 0) is 11.0 Å². The van der Waals surface area contributed by atoms with E-state index in [4.69, 9.17) is 0 Å². The van der Waals surface area contributed by atoms with Crippen LogP contribution < -0.4 is 9.80 Å². The highest BCUT2D eigenvalue weighted by Crippen LogP contribution is 2.43. The van der Waals surface area contributed by atoms with Gasteiger partial charge in [-0.3, -0.25) is 4.79 Å². The summed E-state index contributed by atoms with van der Waals surface area (Å²) in [5.41, 5.74) is 1.67. The molecular formula is C28H25F4N5O2. The van der Waals surface area contributed by atoms with Crippen molar-refractivity contribution in [3.63, 3.8) is 0 Å². The number of amides is 1. The summed E-state index contributed by atoms with van der Waals surface area (Å²) in [5.74, 6) is -1.43. The second kappa shape index (κ2) is 10.5. The van der Waals surface area contributed by atoms with Crippen molar-refractivity contribution in [2.75, 3.05) is 36.0 Å². The second-order valence-corrected chi connectivity index (χ2v) is 9.53. The van der Waals surface area contributed by atoms with Gasteiger partial charge in [0.15, 0.2) is 0 Å². The number of benzene rings is 3. The predicted octanol–water partition coefficient (Wildman–Crippen LogP) is 6.21. The summed E-state index contributed by atoms with van der Waals surface area (Å²) in [7, 11) is 0. The van der Waals surface area contributed by atoms with Crippen LogP contribution in [0.25, 0.3) is 0 Å². The fourth-order valence-corrected chi connectivity index (χ4v) is 5.09. The van der Waals surface area contributed by atoms with Gasteiger partial charge >= 0.3 is 6.18 Å². The summed E-state index contributed by atoms with van der Waals surface area (Å²) in [6, 6.07) is 15.9. The highest BCUT2D eigenvalue weighted by molar-refractivity contribution is 6.01. The lowest BCUT2D eigenvalue weighted by Gasteiger charge is -2.45. The lowest BCUT2D eigenvalue weighted by Crippen LogP contribution is -2.55. The Balaban J connectivity index is 1.58. The number of nitrogens with zero attached hydrogens (tertiary/aromatic N) is 5. The van der Waals surface area contributed by atoms with Crippen LogP contribution in [0.2, 0.25) is 0 Å². The molecular weight excluding hydrogens is 514 g/mol. The molecule has 1 unspecified atom stereocenters. The molecule has 0 saturated carbocycles. The van der Waals surface area contributed by atoms with Gasteiger partial charge in [-0.25, -0.2) is 9.38 Å². The van der Waals surface area contributed by atoms with Crippen LogP contribution >= 0.6 is 0 Å². The number of nitroso groups, excluding NO2 is 1. The Morgan fingerprint density at radius 3 is 2.31 bits per heavy atom. The quantitative estimate of drug-likeness (QED) is 0.292. The monoisotopic (exact) mass is 539 g/mol. The van der Waals surface area contributed by atoms with E-state index in [9.17, 15) is 22.9 Å². The number of para-hydroxylation sites is 1. The van der Waals surface area contributed by atoms with Crippen molar-refractivity contribution in [3.8, 4) is 0 Å². The first-order valence-corrected chi connectivity index (χ1v) is 12.4. The van der Waals surface area contributed by atoms with Gasteiger partial charge in [-0.05, 0) is 48.9 Å². The molecule has 7 nitrogen and oxygen atoms in total. The van der Waals surface area contributed by atoms with E-state index in [1.807, 2.05) is 30.0 Å². The molecule has 202 valence electrons. The van der Waals surface area contributed by atoms with Crippen LogP contribution in [0.3, 0.4) is 0 Å². The van der Waals surface area contributed by atoms with E-state index in [-0.39, 0.29) is 22.9 Å². The van der Waals surface area contributed by atoms with Gasteiger partial charge in [-0.1, -0.05) is 30.3 Å². The molecule has 0 bridgehead atoms. The Hall–Kier alpha value is -4.28. The molecule has 0 aliphatic carbocycles. The van der Waals surface area contributed by atoms with Gasteiger partial charge in [-0.2, -0.15) is 13.2 Å². The third kappa shape index (κ3) is 5.34. The van der Waals surface area contributed by atoms with Crippen LogP contribution in [0.4, 0.5) is 34.6 Å². The zero-order valence-electron chi connectivity index (χ0n) is 21.0. The number of aliphatic imine (C=N–C) groups is 1. The zero-order chi connectivity index (χ0) is 27.7. The van der Waals surface area contributed by atoms with Crippen molar-refractivity contribution >= 4 is 28.9 Å². The Kier molecular flexibility index (Phi) is 7.07. The van der Waals surface area contributed by atoms with E-state index in [0.29, 0.717) is 26.2 Å². The largest absolute Gasteiger partial charge is 0.416 e. The number of hydrogen-bond donors (Lipinski definition) is 0. The number of halogens is 4. The Labute approximate surface area is 222 Å². The van der Waals surface area contributed by atoms with Gasteiger partial charge in [0.05, 0.1) is 18.0 Å². The van der Waals surface area contributed by atoms with E-state index >= 15 is 4.39 Å². The summed E-state index contributed by atoms with van der Waals surface area (Å²) in [5, 5.41) is 2.50. The maximum Gasteiger partial charge on any atom is 0.416 e. The summed E-state index contributed by atoms with van der Waals surface area (Å²) in [6.45, 7) is 4.06. The summed E-state index contributed by atoms with van der Waals surface area (Å²) in [4.78, 5) is 33.5. The van der Waals surface area contributed by atoms with Gasteiger partial charge < -0.3 is 14.7 Å². The minimum atomic E-state index is -4.61. The van der Waals surface area contributed by atoms with Crippen LogP contribution in [0, 0.1) is 17.6 Å². The van der Waals surface area contributed by atoms with Gasteiger partial charge in [0, 0.05) is 48.3 Å². The summed E-state index contributed by atoms with van der Waals surface area (Å²) in [6.07, 6.45) is -5.07. The number of guanidine groups is 1. The summed E-state index contributed by atoms with van der Waals surface area (Å²) < 4.78 is 56.0. The van der Waals surface area contributed by atoms with Crippen molar-refractivity contribution in [3.05, 3.63) is 94.1 Å². The number of carbonyl (C=O) groups excluding carboxylic acids is 1. The van der Waals surface area contributed by atoms with E-state index in [1.165, 1.54) is 29.2 Å². The van der Waals surface area contributed by atoms with E-state index in [0.717, 1.165) is 23.4 Å². The Morgan fingerprint density at radius 1 is 0.949 bits per heavy atom. The SMILES string of the molecule is Cc1cccc(N2CCN(C3=Nc4c(F)cccc4C(CC(=O)N=O)N3c3cccc(C(F)(F)F)c3)CC2)c1. The molecule has 0 radical (unpaired) electrons. The number of alkyl halides is 3. The average molecular weight is 540 g/mol. The number of anilines is 2. The topological polar surface area (TPSA) is 68.6 Å². The van der Waals surface area contributed by atoms with Gasteiger partial charge in [0.25, 0.3) is 5.91 Å². The molecule has 0 spiro atoms. The van der Waals surface area contributed by atoms with Crippen molar-refractivity contribution < 1.29 is 22.4 Å². The molecule has 2 aliphatic heterocycles. The first-order chi connectivity index (χ1) is 18.7. The normalized spacial score (nSPS) is 17.5. The lowest BCUT2D eigenvalue weighted by molar-refractivity contribution is -0.137. The van der Waals surface area contributed by atoms with Crippen LogP contribution in [0.15, 0.2) is 76.9 Å². The smallest absolute Gasteiger partial charge is 0.368 e. The molecule has 2 aliphatic rings. The third-order valence-electron chi connectivity index (χ3n) is 6.97. The molecule has 1 amide bonds. The van der Waals surface area contributed by atoms with E-state index in [1.54, 1.807) is 6.07 Å². The van der Waals surface area contributed by atoms with Gasteiger partial charge in [0.1, 0.15) is 11.5 Å². The zero-order valence-corrected chi connectivity index (χ0v) is 21.0. The minimum Gasteiger partial charge on any atom is -0.368 e. The molecule has 39 heavy (non-hydrogen) atoms. The highest BCUT2D eigenvalue weighted by Gasteiger charge is 2.39. The second-order valence-electron chi connectivity index (χ2n) is 9.53. The summed E-state index contributed by atoms with van der Waals surface area (Å²) >= 11 is 0. The van der Waals surface area contributed by atoms with Crippen molar-refractivity contribution in [2.24, 2.45) is 10.2 Å². The van der Waals surface area contributed by atoms with Crippen LogP contribution in [0.5, 0.6) is 0 Å². The molecule has 3 aromatic rings. The number of hydrogen-bond acceptors (Lipinski definition) is 6. The van der Waals surface area contributed by atoms with Gasteiger partial charge in [-0.15, -0.1) is 4.91 Å². The average Bonchev–Trinajstić information content (AvgIpc) is 2.93. The number of rotatable bonds is 4. The van der Waals surface area contributed by atoms with Crippen molar-refractivity contribution in [1.29, 1.82) is 0 Å². The molecule has 3 aromatic carbocycles. The Bertz CT molecular complexity index is 1430. The Morgan fingerprint density at radius 2 is 1.62 bits per heavy atom. The molecule has 5 rings (SSSR count). The molecule has 11 heteroatoms. The van der Waals surface area contributed by atoms with E-state index in [2.05, 4.69) is 21.1 Å². The first-order valence-electron chi connectivity index (χ1n) is 12.4.